The number of hydrogen-bond acceptors (Lipinski definition) is 4. The largest absolute Gasteiger partial charge is 0.497 e. The summed E-state index contributed by atoms with van der Waals surface area (Å²) in [6.45, 7) is 2.00. The summed E-state index contributed by atoms with van der Waals surface area (Å²) in [5, 5.41) is 9.57. The van der Waals surface area contributed by atoms with Gasteiger partial charge in [-0.3, -0.25) is 4.79 Å². The van der Waals surface area contributed by atoms with E-state index < -0.39 is 0 Å². The number of nitrogens with one attached hydrogen (secondary N) is 2. The summed E-state index contributed by atoms with van der Waals surface area (Å²) in [5.74, 6) is 0.580. The third-order valence-electron chi connectivity index (χ3n) is 4.06. The highest BCUT2D eigenvalue weighted by molar-refractivity contribution is 5.99. The Kier molecular flexibility index (Phi) is 5.49. The fourth-order valence-electron chi connectivity index (χ4n) is 2.56. The van der Waals surface area contributed by atoms with Crippen molar-refractivity contribution in [1.29, 1.82) is 0 Å². The first kappa shape index (κ1) is 17.5. The predicted octanol–water partition coefficient (Wildman–Crippen LogP) is 3.80. The average Bonchev–Trinajstić information content (AvgIpc) is 2.70. The topological polar surface area (TPSA) is 62.7 Å². The van der Waals surface area contributed by atoms with Gasteiger partial charge in [0.25, 0.3) is 5.91 Å². The second kappa shape index (κ2) is 8.16. The molecule has 0 saturated heterocycles. The van der Waals surface area contributed by atoms with Crippen LogP contribution in [0, 0.1) is 0 Å². The Bertz CT molecular complexity index is 933. The maximum absolute atomic E-state index is 12.0. The second-order valence-electron chi connectivity index (χ2n) is 5.88. The van der Waals surface area contributed by atoms with E-state index in [4.69, 9.17) is 4.74 Å². The predicted molar refractivity (Wildman–Crippen MR) is 106 cm³/mol. The fourth-order valence-corrected chi connectivity index (χ4v) is 2.56. The van der Waals surface area contributed by atoms with Crippen molar-refractivity contribution >= 4 is 28.1 Å². The molecule has 132 valence electrons. The van der Waals surface area contributed by atoms with Gasteiger partial charge in [0.1, 0.15) is 5.75 Å². The lowest BCUT2D eigenvalue weighted by molar-refractivity contribution is -0.119. The van der Waals surface area contributed by atoms with Crippen molar-refractivity contribution in [2.45, 2.75) is 6.92 Å². The fraction of sp³-hybridized carbons (Fsp3) is 0.143. The van der Waals surface area contributed by atoms with Gasteiger partial charge in [-0.2, -0.15) is 5.10 Å². The van der Waals surface area contributed by atoms with Crippen LogP contribution in [0.1, 0.15) is 12.5 Å². The molecule has 5 nitrogen and oxygen atoms in total. The summed E-state index contributed by atoms with van der Waals surface area (Å²) in [4.78, 5) is 12.0. The van der Waals surface area contributed by atoms with Crippen LogP contribution in [0.25, 0.3) is 10.8 Å². The van der Waals surface area contributed by atoms with Gasteiger partial charge in [-0.05, 0) is 59.7 Å². The first-order chi connectivity index (χ1) is 12.7. The normalized spacial score (nSPS) is 11.2. The van der Waals surface area contributed by atoms with Crippen molar-refractivity contribution in [2.24, 2.45) is 5.10 Å². The van der Waals surface area contributed by atoms with E-state index in [0.29, 0.717) is 0 Å². The molecule has 0 heterocycles. The summed E-state index contributed by atoms with van der Waals surface area (Å²) < 4.78 is 5.13. The average molecular weight is 347 g/mol. The van der Waals surface area contributed by atoms with E-state index in [2.05, 4.69) is 21.9 Å². The molecule has 3 aromatic rings. The van der Waals surface area contributed by atoms with Gasteiger partial charge in [0.15, 0.2) is 0 Å². The van der Waals surface area contributed by atoms with Gasteiger partial charge in [-0.15, -0.1) is 0 Å². The van der Waals surface area contributed by atoms with Gasteiger partial charge in [-0.1, -0.05) is 30.3 Å². The number of fused-ring (bicyclic) bond motifs is 1. The third-order valence-corrected chi connectivity index (χ3v) is 4.06. The third kappa shape index (κ3) is 4.39. The van der Waals surface area contributed by atoms with Crippen molar-refractivity contribution in [2.75, 3.05) is 19.0 Å². The minimum Gasteiger partial charge on any atom is -0.497 e. The molecular weight excluding hydrogens is 326 g/mol. The number of benzene rings is 3. The molecule has 0 bridgehead atoms. The number of amides is 1. The van der Waals surface area contributed by atoms with Crippen molar-refractivity contribution in [3.8, 4) is 5.75 Å². The zero-order valence-electron chi connectivity index (χ0n) is 14.8. The molecule has 0 aliphatic heterocycles. The van der Waals surface area contributed by atoms with Crippen LogP contribution in [0.5, 0.6) is 5.75 Å². The Labute approximate surface area is 152 Å². The maximum Gasteiger partial charge on any atom is 0.259 e. The van der Waals surface area contributed by atoms with E-state index in [-0.39, 0.29) is 12.5 Å². The summed E-state index contributed by atoms with van der Waals surface area (Å²) in [6, 6.07) is 21.6. The van der Waals surface area contributed by atoms with E-state index in [1.54, 1.807) is 7.11 Å². The van der Waals surface area contributed by atoms with E-state index in [1.807, 2.05) is 67.6 Å². The van der Waals surface area contributed by atoms with Gasteiger partial charge in [0, 0.05) is 5.69 Å². The van der Waals surface area contributed by atoms with Crippen molar-refractivity contribution in [1.82, 2.24) is 5.43 Å². The summed E-state index contributed by atoms with van der Waals surface area (Å²) in [6.07, 6.45) is 0. The SMILES string of the molecule is COc1ccc(C(C)=NNC(=O)CNc2ccc3ccccc3c2)cc1. The van der Waals surface area contributed by atoms with Crippen molar-refractivity contribution in [3.63, 3.8) is 0 Å². The number of carbonyl (C=O) groups excluding carboxylic acids is 1. The number of methoxy groups -OCH3 is 1. The Morgan fingerprint density at radius 1 is 1.00 bits per heavy atom. The molecule has 0 aromatic heterocycles. The van der Waals surface area contributed by atoms with Gasteiger partial charge < -0.3 is 10.1 Å². The lowest BCUT2D eigenvalue weighted by Crippen LogP contribution is -2.26. The highest BCUT2D eigenvalue weighted by Gasteiger charge is 2.03. The van der Waals surface area contributed by atoms with E-state index >= 15 is 0 Å². The maximum atomic E-state index is 12.0. The molecule has 1 amide bonds. The first-order valence-electron chi connectivity index (χ1n) is 8.36. The van der Waals surface area contributed by atoms with Gasteiger partial charge in [-0.25, -0.2) is 5.43 Å². The molecule has 0 spiro atoms. The molecule has 0 unspecified atom stereocenters. The molecule has 5 heteroatoms. The molecule has 0 aliphatic rings. The number of nitrogens with zero attached hydrogens (tertiary/aromatic N) is 1. The van der Waals surface area contributed by atoms with E-state index in [9.17, 15) is 4.79 Å². The molecule has 0 saturated carbocycles. The van der Waals surface area contributed by atoms with Crippen molar-refractivity contribution in [3.05, 3.63) is 72.3 Å². The van der Waals surface area contributed by atoms with Crippen LogP contribution in [0.3, 0.4) is 0 Å². The Morgan fingerprint density at radius 3 is 2.46 bits per heavy atom. The Hall–Kier alpha value is -3.34. The molecule has 0 fully saturated rings. The van der Waals surface area contributed by atoms with Crippen LogP contribution >= 0.6 is 0 Å². The molecule has 0 aliphatic carbocycles. The summed E-state index contributed by atoms with van der Waals surface area (Å²) in [7, 11) is 1.62. The van der Waals surface area contributed by atoms with Crippen LogP contribution < -0.4 is 15.5 Å². The molecule has 26 heavy (non-hydrogen) atoms. The monoisotopic (exact) mass is 347 g/mol. The molecule has 0 radical (unpaired) electrons. The molecule has 3 aromatic carbocycles. The van der Waals surface area contributed by atoms with Crippen LogP contribution in [-0.4, -0.2) is 25.3 Å². The number of rotatable bonds is 6. The second-order valence-corrected chi connectivity index (χ2v) is 5.88. The lowest BCUT2D eigenvalue weighted by atomic mass is 10.1. The van der Waals surface area contributed by atoms with Gasteiger partial charge >= 0.3 is 0 Å². The highest BCUT2D eigenvalue weighted by atomic mass is 16.5. The quantitative estimate of drug-likeness (QED) is 0.527. The minimum absolute atomic E-state index is 0.151. The zero-order chi connectivity index (χ0) is 18.4. The molecular formula is C21H21N3O2. The van der Waals surface area contributed by atoms with Crippen LogP contribution in [0.2, 0.25) is 0 Å². The van der Waals surface area contributed by atoms with Crippen LogP contribution in [-0.2, 0) is 4.79 Å². The standard InChI is InChI=1S/C21H21N3O2/c1-15(16-8-11-20(26-2)12-9-16)23-24-21(25)14-22-19-10-7-17-5-3-4-6-18(17)13-19/h3-13,22H,14H2,1-2H3,(H,24,25). The van der Waals surface area contributed by atoms with E-state index in [0.717, 1.165) is 28.1 Å². The minimum atomic E-state index is -0.203. The Balaban J connectivity index is 1.55. The lowest BCUT2D eigenvalue weighted by Gasteiger charge is -2.07. The first-order valence-corrected chi connectivity index (χ1v) is 8.36. The molecule has 3 rings (SSSR count). The number of hydrogen-bond donors (Lipinski definition) is 2. The number of anilines is 1. The highest BCUT2D eigenvalue weighted by Crippen LogP contribution is 2.18. The van der Waals surface area contributed by atoms with Crippen molar-refractivity contribution < 1.29 is 9.53 Å². The molecule has 2 N–H and O–H groups in total. The van der Waals surface area contributed by atoms with Crippen LogP contribution in [0.15, 0.2) is 71.8 Å². The smallest absolute Gasteiger partial charge is 0.259 e. The Morgan fingerprint density at radius 2 is 1.73 bits per heavy atom. The zero-order valence-corrected chi connectivity index (χ0v) is 14.8. The number of ether oxygens (including phenoxy) is 1. The van der Waals surface area contributed by atoms with Gasteiger partial charge in [0.05, 0.1) is 19.4 Å². The van der Waals surface area contributed by atoms with Gasteiger partial charge in [0.2, 0.25) is 0 Å². The molecule has 0 atom stereocenters. The number of hydrazone groups is 1. The van der Waals surface area contributed by atoms with E-state index in [1.165, 1.54) is 5.39 Å². The number of carbonyl (C=O) groups is 1. The summed E-state index contributed by atoms with van der Waals surface area (Å²) in [5.41, 5.74) is 5.12. The summed E-state index contributed by atoms with van der Waals surface area (Å²) >= 11 is 0. The van der Waals surface area contributed by atoms with Crippen LogP contribution in [0.4, 0.5) is 5.69 Å².